The zero-order valence-electron chi connectivity index (χ0n) is 10.5. The normalized spacial score (nSPS) is 21.2. The van der Waals surface area contributed by atoms with Crippen LogP contribution in [-0.2, 0) is 16.0 Å². The van der Waals surface area contributed by atoms with E-state index in [1.807, 2.05) is 0 Å². The van der Waals surface area contributed by atoms with Crippen molar-refractivity contribution in [1.82, 2.24) is 0 Å². The van der Waals surface area contributed by atoms with Crippen LogP contribution in [0.1, 0.15) is 12.0 Å². The van der Waals surface area contributed by atoms with Gasteiger partial charge in [-0.25, -0.2) is 0 Å². The fourth-order valence-electron chi connectivity index (χ4n) is 2.42. The maximum atomic E-state index is 11.4. The molecule has 0 radical (unpaired) electrons. The average molecular weight is 272 g/mol. The molecule has 20 heavy (non-hydrogen) atoms. The Balaban J connectivity index is 1.90. The Labute approximate surface area is 114 Å². The van der Waals surface area contributed by atoms with Gasteiger partial charge >= 0.3 is 0 Å². The van der Waals surface area contributed by atoms with Crippen LogP contribution in [0.15, 0.2) is 35.9 Å². The summed E-state index contributed by atoms with van der Waals surface area (Å²) in [5, 5.41) is 19.2. The van der Waals surface area contributed by atoms with Crippen LogP contribution in [0.4, 0.5) is 0 Å². The predicted octanol–water partition coefficient (Wildman–Crippen LogP) is 1.43. The summed E-state index contributed by atoms with van der Waals surface area (Å²) in [7, 11) is 0. The molecular formula is C15H12O5. The van der Waals surface area contributed by atoms with E-state index >= 15 is 0 Å². The highest BCUT2D eigenvalue weighted by Gasteiger charge is 2.27. The monoisotopic (exact) mass is 272 g/mol. The standard InChI is InChI=1S/C15H12O5/c16-9-6-12(18)10-2-4-14(20-15(10)7-9)8-1-3-11(17)13(19)5-8/h1,3,5-7,14,16,18H,2,4H2/t14-/m0/s1. The Morgan fingerprint density at radius 2 is 1.90 bits per heavy atom. The van der Waals surface area contributed by atoms with Crippen molar-refractivity contribution in [2.24, 2.45) is 0 Å². The van der Waals surface area contributed by atoms with Crippen LogP contribution < -0.4 is 4.74 Å². The molecule has 2 N–H and O–H groups in total. The van der Waals surface area contributed by atoms with E-state index in [-0.39, 0.29) is 17.6 Å². The third-order valence-corrected chi connectivity index (χ3v) is 3.44. The van der Waals surface area contributed by atoms with Gasteiger partial charge in [0.15, 0.2) is 0 Å². The highest BCUT2D eigenvalue weighted by atomic mass is 16.5. The Morgan fingerprint density at radius 3 is 2.65 bits per heavy atom. The van der Waals surface area contributed by atoms with Gasteiger partial charge in [0.25, 0.3) is 0 Å². The number of ketones is 2. The molecule has 0 spiro atoms. The van der Waals surface area contributed by atoms with Gasteiger partial charge in [-0.1, -0.05) is 6.08 Å². The van der Waals surface area contributed by atoms with Crippen LogP contribution in [0.2, 0.25) is 0 Å². The van der Waals surface area contributed by atoms with E-state index in [1.54, 1.807) is 6.08 Å². The average Bonchev–Trinajstić information content (AvgIpc) is 2.41. The number of phenols is 2. The van der Waals surface area contributed by atoms with Crippen LogP contribution in [-0.4, -0.2) is 27.9 Å². The van der Waals surface area contributed by atoms with Gasteiger partial charge < -0.3 is 14.9 Å². The second-order valence-electron chi connectivity index (χ2n) is 4.79. The van der Waals surface area contributed by atoms with Crippen molar-refractivity contribution in [1.29, 1.82) is 0 Å². The number of phenolic OH excluding ortho intramolecular Hbond substituents is 2. The van der Waals surface area contributed by atoms with Gasteiger partial charge in [0.2, 0.25) is 11.6 Å². The molecule has 1 aromatic carbocycles. The lowest BCUT2D eigenvalue weighted by Gasteiger charge is -2.28. The summed E-state index contributed by atoms with van der Waals surface area (Å²) >= 11 is 0. The van der Waals surface area contributed by atoms with Gasteiger partial charge in [0.1, 0.15) is 23.4 Å². The van der Waals surface area contributed by atoms with Crippen LogP contribution in [0, 0.1) is 0 Å². The first kappa shape index (κ1) is 12.5. The zero-order chi connectivity index (χ0) is 14.3. The van der Waals surface area contributed by atoms with E-state index in [4.69, 9.17) is 4.74 Å². The molecule has 2 aliphatic rings. The Morgan fingerprint density at radius 1 is 1.10 bits per heavy atom. The number of allylic oxidation sites excluding steroid dienone is 2. The number of benzene rings is 1. The van der Waals surface area contributed by atoms with E-state index in [9.17, 15) is 19.8 Å². The molecule has 0 fully saturated rings. The first-order valence-electron chi connectivity index (χ1n) is 6.24. The van der Waals surface area contributed by atoms with Gasteiger partial charge in [0, 0.05) is 17.7 Å². The van der Waals surface area contributed by atoms with Crippen molar-refractivity contribution >= 4 is 11.6 Å². The molecule has 1 heterocycles. The summed E-state index contributed by atoms with van der Waals surface area (Å²) in [6.45, 7) is 0. The van der Waals surface area contributed by atoms with E-state index < -0.39 is 11.6 Å². The third kappa shape index (κ3) is 2.07. The molecule has 3 rings (SSSR count). The van der Waals surface area contributed by atoms with Gasteiger partial charge in [-0.15, -0.1) is 0 Å². The molecule has 1 aromatic rings. The number of carbonyl (C=O) groups excluding carboxylic acids is 2. The fourth-order valence-corrected chi connectivity index (χ4v) is 2.42. The molecule has 0 amide bonds. The number of carbonyl (C=O) groups is 2. The van der Waals surface area contributed by atoms with E-state index in [2.05, 4.69) is 0 Å². The predicted molar refractivity (Wildman–Crippen MR) is 69.7 cm³/mol. The van der Waals surface area contributed by atoms with E-state index in [0.717, 1.165) is 0 Å². The molecule has 0 saturated carbocycles. The molecule has 1 atom stereocenters. The summed E-state index contributed by atoms with van der Waals surface area (Å²) < 4.78 is 5.71. The SMILES string of the molecule is O=C1C=CC([C@@H]2CCc3c(O)cc(O)cc3O2)=CC1=O. The summed E-state index contributed by atoms with van der Waals surface area (Å²) in [5.74, 6) is -0.785. The zero-order valence-corrected chi connectivity index (χ0v) is 10.5. The topological polar surface area (TPSA) is 83.8 Å². The molecule has 0 bridgehead atoms. The smallest absolute Gasteiger partial charge is 0.226 e. The first-order chi connectivity index (χ1) is 9.54. The second kappa shape index (κ2) is 4.52. The molecule has 1 aliphatic carbocycles. The molecule has 5 heteroatoms. The quantitative estimate of drug-likeness (QED) is 0.596. The summed E-state index contributed by atoms with van der Waals surface area (Å²) in [4.78, 5) is 22.5. The van der Waals surface area contributed by atoms with Gasteiger partial charge in [-0.05, 0) is 30.6 Å². The van der Waals surface area contributed by atoms with Crippen molar-refractivity contribution in [2.45, 2.75) is 18.9 Å². The second-order valence-corrected chi connectivity index (χ2v) is 4.79. The molecule has 0 unspecified atom stereocenters. The van der Waals surface area contributed by atoms with Crippen molar-refractivity contribution < 1.29 is 24.5 Å². The third-order valence-electron chi connectivity index (χ3n) is 3.44. The number of rotatable bonds is 1. The fraction of sp³-hybridized carbons (Fsp3) is 0.200. The molecule has 0 saturated heterocycles. The van der Waals surface area contributed by atoms with Gasteiger partial charge in [-0.3, -0.25) is 9.59 Å². The number of hydrogen-bond donors (Lipinski definition) is 2. The highest BCUT2D eigenvalue weighted by molar-refractivity contribution is 6.46. The summed E-state index contributed by atoms with van der Waals surface area (Å²) in [5.41, 5.74) is 1.27. The molecule has 1 aliphatic heterocycles. The van der Waals surface area contributed by atoms with Gasteiger partial charge in [-0.2, -0.15) is 0 Å². The molecular weight excluding hydrogens is 260 g/mol. The molecule has 5 nitrogen and oxygen atoms in total. The molecule has 0 aromatic heterocycles. The van der Waals surface area contributed by atoms with Crippen LogP contribution >= 0.6 is 0 Å². The number of hydrogen-bond acceptors (Lipinski definition) is 5. The number of fused-ring (bicyclic) bond motifs is 1. The minimum atomic E-state index is -0.560. The van der Waals surface area contributed by atoms with Crippen molar-refractivity contribution in [3.63, 3.8) is 0 Å². The van der Waals surface area contributed by atoms with E-state index in [0.29, 0.717) is 29.7 Å². The first-order valence-corrected chi connectivity index (χ1v) is 6.24. The van der Waals surface area contributed by atoms with Crippen LogP contribution in [0.3, 0.4) is 0 Å². The maximum Gasteiger partial charge on any atom is 0.226 e. The van der Waals surface area contributed by atoms with Crippen molar-refractivity contribution in [2.75, 3.05) is 0 Å². The number of ether oxygens (including phenoxy) is 1. The Bertz CT molecular complexity index is 669. The van der Waals surface area contributed by atoms with Crippen LogP contribution in [0.25, 0.3) is 0 Å². The minimum Gasteiger partial charge on any atom is -0.508 e. The van der Waals surface area contributed by atoms with Crippen LogP contribution in [0.5, 0.6) is 17.2 Å². The maximum absolute atomic E-state index is 11.4. The largest absolute Gasteiger partial charge is 0.508 e. The summed E-state index contributed by atoms with van der Waals surface area (Å²) in [6, 6.07) is 2.70. The van der Waals surface area contributed by atoms with Crippen molar-refractivity contribution in [3.05, 3.63) is 41.5 Å². The highest BCUT2D eigenvalue weighted by Crippen LogP contribution is 2.39. The summed E-state index contributed by atoms with van der Waals surface area (Å²) in [6.07, 6.45) is 4.87. The Kier molecular flexibility index (Phi) is 2.82. The minimum absolute atomic E-state index is 0.00197. The number of aromatic hydroxyl groups is 2. The lowest BCUT2D eigenvalue weighted by atomic mass is 9.93. The van der Waals surface area contributed by atoms with Crippen molar-refractivity contribution in [3.8, 4) is 17.2 Å². The van der Waals surface area contributed by atoms with E-state index in [1.165, 1.54) is 24.3 Å². The molecule has 102 valence electrons. The lowest BCUT2D eigenvalue weighted by Crippen LogP contribution is -2.27. The Hall–Kier alpha value is -2.56. The van der Waals surface area contributed by atoms with Gasteiger partial charge in [0.05, 0.1) is 0 Å². The lowest BCUT2D eigenvalue weighted by molar-refractivity contribution is -0.131.